The third-order valence-corrected chi connectivity index (χ3v) is 7.21. The molecule has 160 valence electrons. The van der Waals surface area contributed by atoms with Gasteiger partial charge in [-0.25, -0.2) is 22.9 Å². The minimum Gasteiger partial charge on any atom is -0.408 e. The minimum atomic E-state index is -3.79. The van der Waals surface area contributed by atoms with E-state index in [1.807, 2.05) is 60.0 Å². The van der Waals surface area contributed by atoms with Gasteiger partial charge in [-0.1, -0.05) is 48.5 Å². The zero-order chi connectivity index (χ0) is 22.1. The molecular formula is C23H17N3O4S2. The summed E-state index contributed by atoms with van der Waals surface area (Å²) >= 11 is 1.54. The molecule has 2 aromatic heterocycles. The highest BCUT2D eigenvalue weighted by Crippen LogP contribution is 2.29. The second kappa shape index (κ2) is 8.19. The maximum absolute atomic E-state index is 12.7. The predicted octanol–water partition coefficient (Wildman–Crippen LogP) is 4.39. The maximum atomic E-state index is 12.7. The summed E-state index contributed by atoms with van der Waals surface area (Å²) in [5.41, 5.74) is 4.32. The van der Waals surface area contributed by atoms with Gasteiger partial charge in [-0.3, -0.25) is 4.98 Å². The van der Waals surface area contributed by atoms with E-state index >= 15 is 0 Å². The van der Waals surface area contributed by atoms with Crippen molar-refractivity contribution in [1.29, 1.82) is 0 Å². The molecule has 0 saturated carbocycles. The van der Waals surface area contributed by atoms with Gasteiger partial charge in [-0.15, -0.1) is 11.3 Å². The van der Waals surface area contributed by atoms with Gasteiger partial charge in [0.2, 0.25) is 10.0 Å². The molecule has 32 heavy (non-hydrogen) atoms. The van der Waals surface area contributed by atoms with Crippen LogP contribution < -0.4 is 10.5 Å². The highest BCUT2D eigenvalue weighted by Gasteiger charge is 2.16. The highest BCUT2D eigenvalue weighted by atomic mass is 32.2. The predicted molar refractivity (Wildman–Crippen MR) is 124 cm³/mol. The van der Waals surface area contributed by atoms with Crippen LogP contribution in [0.25, 0.3) is 32.9 Å². The second-order valence-corrected chi connectivity index (χ2v) is 9.73. The van der Waals surface area contributed by atoms with Gasteiger partial charge in [0.05, 0.1) is 16.1 Å². The number of fused-ring (bicyclic) bond motifs is 1. The number of nitrogens with zero attached hydrogens (tertiary/aromatic N) is 1. The van der Waals surface area contributed by atoms with Crippen molar-refractivity contribution in [1.82, 2.24) is 14.7 Å². The largest absolute Gasteiger partial charge is 0.417 e. The van der Waals surface area contributed by atoms with Crippen LogP contribution in [0.3, 0.4) is 0 Å². The molecule has 7 nitrogen and oxygen atoms in total. The molecule has 0 aliphatic rings. The lowest BCUT2D eigenvalue weighted by Gasteiger charge is -2.08. The zero-order valence-corrected chi connectivity index (χ0v) is 18.2. The molecule has 0 atom stereocenters. The van der Waals surface area contributed by atoms with Crippen molar-refractivity contribution in [2.45, 2.75) is 11.4 Å². The SMILES string of the molecule is O=c1[nH]c2ccc(S(=O)(=O)NCc3cccc(-c4nc(-c5ccccc5)cs4)c3)cc2o1. The van der Waals surface area contributed by atoms with Crippen molar-refractivity contribution >= 4 is 32.5 Å². The van der Waals surface area contributed by atoms with Crippen molar-refractivity contribution in [3.8, 4) is 21.8 Å². The summed E-state index contributed by atoms with van der Waals surface area (Å²) in [4.78, 5) is 18.5. The Bertz CT molecular complexity index is 1570. The fourth-order valence-corrected chi connectivity index (χ4v) is 5.18. The number of benzene rings is 3. The first kappa shape index (κ1) is 20.4. The highest BCUT2D eigenvalue weighted by molar-refractivity contribution is 7.89. The molecule has 2 N–H and O–H groups in total. The Kier molecular flexibility index (Phi) is 5.22. The molecule has 0 aliphatic heterocycles. The summed E-state index contributed by atoms with van der Waals surface area (Å²) < 4.78 is 33.0. The average Bonchev–Trinajstić information content (AvgIpc) is 3.44. The number of oxazole rings is 1. The molecule has 0 unspecified atom stereocenters. The Hall–Kier alpha value is -3.53. The molecule has 0 spiro atoms. The maximum Gasteiger partial charge on any atom is 0.417 e. The molecular weight excluding hydrogens is 446 g/mol. The third kappa shape index (κ3) is 4.13. The molecule has 0 fully saturated rings. The van der Waals surface area contributed by atoms with E-state index in [9.17, 15) is 13.2 Å². The Balaban J connectivity index is 1.34. The molecule has 0 aliphatic carbocycles. The number of sulfonamides is 1. The lowest BCUT2D eigenvalue weighted by Crippen LogP contribution is -2.23. The first-order chi connectivity index (χ1) is 15.5. The first-order valence-corrected chi connectivity index (χ1v) is 12.1. The first-order valence-electron chi connectivity index (χ1n) is 9.71. The number of rotatable bonds is 6. The number of H-pyrrole nitrogens is 1. The summed E-state index contributed by atoms with van der Waals surface area (Å²) in [6, 6.07) is 21.8. The van der Waals surface area contributed by atoms with Gasteiger partial charge in [0.25, 0.3) is 0 Å². The summed E-state index contributed by atoms with van der Waals surface area (Å²) in [5.74, 6) is -0.628. The monoisotopic (exact) mass is 463 g/mol. The Morgan fingerprint density at radius 2 is 1.78 bits per heavy atom. The van der Waals surface area contributed by atoms with Crippen LogP contribution in [-0.4, -0.2) is 18.4 Å². The van der Waals surface area contributed by atoms with Crippen molar-refractivity contribution < 1.29 is 12.8 Å². The van der Waals surface area contributed by atoms with E-state index in [-0.39, 0.29) is 17.0 Å². The molecule has 2 heterocycles. The van der Waals surface area contributed by atoms with Gasteiger partial charge in [0.1, 0.15) is 5.01 Å². The van der Waals surface area contributed by atoms with E-state index in [0.717, 1.165) is 27.4 Å². The summed E-state index contributed by atoms with van der Waals surface area (Å²) in [7, 11) is -3.79. The normalized spacial score (nSPS) is 11.8. The number of hydrogen-bond acceptors (Lipinski definition) is 6. The molecule has 3 aromatic carbocycles. The lowest BCUT2D eigenvalue weighted by molar-refractivity contribution is 0.553. The van der Waals surface area contributed by atoms with E-state index in [0.29, 0.717) is 5.52 Å². The van der Waals surface area contributed by atoms with Crippen LogP contribution >= 0.6 is 11.3 Å². The summed E-state index contributed by atoms with van der Waals surface area (Å²) in [6.07, 6.45) is 0. The molecule has 0 saturated heterocycles. The van der Waals surface area contributed by atoms with Gasteiger partial charge >= 0.3 is 5.76 Å². The summed E-state index contributed by atoms with van der Waals surface area (Å²) in [5, 5.41) is 2.87. The van der Waals surface area contributed by atoms with Crippen molar-refractivity contribution in [3.05, 3.63) is 94.3 Å². The van der Waals surface area contributed by atoms with Crippen molar-refractivity contribution in [3.63, 3.8) is 0 Å². The Morgan fingerprint density at radius 1 is 0.969 bits per heavy atom. The van der Waals surface area contributed by atoms with Gasteiger partial charge < -0.3 is 4.42 Å². The topological polar surface area (TPSA) is 105 Å². The molecule has 9 heteroatoms. The van der Waals surface area contributed by atoms with Crippen LogP contribution in [0.4, 0.5) is 0 Å². The van der Waals surface area contributed by atoms with Crippen LogP contribution in [0, 0.1) is 0 Å². The van der Waals surface area contributed by atoms with Crippen LogP contribution in [-0.2, 0) is 16.6 Å². The number of aromatic nitrogens is 2. The van der Waals surface area contributed by atoms with E-state index < -0.39 is 15.8 Å². The standard InChI is InChI=1S/C23H17N3O4S2/c27-23-26-19-10-9-18(12-21(19)30-23)32(28,29)24-13-15-5-4-8-17(11-15)22-25-20(14-31-22)16-6-2-1-3-7-16/h1-12,14,24H,13H2,(H,26,27). The number of nitrogens with one attached hydrogen (secondary N) is 2. The van der Waals surface area contributed by atoms with E-state index in [1.54, 1.807) is 11.3 Å². The fourth-order valence-electron chi connectivity index (χ4n) is 3.32. The molecule has 0 amide bonds. The van der Waals surface area contributed by atoms with Gasteiger partial charge in [0.15, 0.2) is 5.58 Å². The fraction of sp³-hybridized carbons (Fsp3) is 0.0435. The van der Waals surface area contributed by atoms with Crippen LogP contribution in [0.1, 0.15) is 5.56 Å². The molecule has 5 rings (SSSR count). The van der Waals surface area contributed by atoms with Crippen LogP contribution in [0.15, 0.2) is 92.3 Å². The van der Waals surface area contributed by atoms with Crippen molar-refractivity contribution in [2.24, 2.45) is 0 Å². The van der Waals surface area contributed by atoms with E-state index in [4.69, 9.17) is 9.40 Å². The van der Waals surface area contributed by atoms with Crippen LogP contribution in [0.2, 0.25) is 0 Å². The minimum absolute atomic E-state index is 0.0244. The number of thiazole rings is 1. The quantitative estimate of drug-likeness (QED) is 0.389. The lowest BCUT2D eigenvalue weighted by atomic mass is 10.1. The Morgan fingerprint density at radius 3 is 2.62 bits per heavy atom. The van der Waals surface area contributed by atoms with E-state index in [2.05, 4.69) is 9.71 Å². The summed E-state index contributed by atoms with van der Waals surface area (Å²) in [6.45, 7) is 0.113. The molecule has 5 aromatic rings. The third-order valence-electron chi connectivity index (χ3n) is 4.92. The average molecular weight is 464 g/mol. The number of aromatic amines is 1. The smallest absolute Gasteiger partial charge is 0.408 e. The Labute approximate surface area is 187 Å². The number of hydrogen-bond donors (Lipinski definition) is 2. The second-order valence-electron chi connectivity index (χ2n) is 7.10. The van der Waals surface area contributed by atoms with Crippen molar-refractivity contribution in [2.75, 3.05) is 0 Å². The zero-order valence-electron chi connectivity index (χ0n) is 16.6. The van der Waals surface area contributed by atoms with Gasteiger partial charge in [-0.2, -0.15) is 0 Å². The van der Waals surface area contributed by atoms with Crippen LogP contribution in [0.5, 0.6) is 0 Å². The molecule has 0 bridgehead atoms. The van der Waals surface area contributed by atoms with E-state index in [1.165, 1.54) is 18.2 Å². The molecule has 0 radical (unpaired) electrons. The van der Waals surface area contributed by atoms with Gasteiger partial charge in [-0.05, 0) is 23.8 Å². The van der Waals surface area contributed by atoms with Gasteiger partial charge in [0, 0.05) is 29.1 Å².